The van der Waals surface area contributed by atoms with Gasteiger partial charge in [-0.15, -0.1) is 0 Å². The summed E-state index contributed by atoms with van der Waals surface area (Å²) >= 11 is 7.15. The Morgan fingerprint density at radius 2 is 1.71 bits per heavy atom. The van der Waals surface area contributed by atoms with E-state index in [0.717, 1.165) is 16.2 Å². The van der Waals surface area contributed by atoms with Gasteiger partial charge >= 0.3 is 0 Å². The maximum absolute atomic E-state index is 3.62. The first kappa shape index (κ1) is 12.8. The molecule has 2 aromatic rings. The number of hydrogen-bond acceptors (Lipinski definition) is 0. The predicted octanol–water partition coefficient (Wildman–Crippen LogP) is 5.17. The van der Waals surface area contributed by atoms with Crippen molar-refractivity contribution >= 4 is 31.9 Å². The van der Waals surface area contributed by atoms with E-state index in [0.29, 0.717) is 5.92 Å². The van der Waals surface area contributed by atoms with Gasteiger partial charge in [0.1, 0.15) is 0 Å². The second kappa shape index (κ2) is 6.36. The second-order valence-corrected chi connectivity index (χ2v) is 5.66. The molecular formula is C15H14Br2. The molecular weight excluding hydrogens is 340 g/mol. The van der Waals surface area contributed by atoms with E-state index >= 15 is 0 Å². The van der Waals surface area contributed by atoms with E-state index in [-0.39, 0.29) is 0 Å². The van der Waals surface area contributed by atoms with Gasteiger partial charge in [-0.05, 0) is 35.6 Å². The van der Waals surface area contributed by atoms with Crippen molar-refractivity contribution in [3.63, 3.8) is 0 Å². The van der Waals surface area contributed by atoms with Gasteiger partial charge in [0.05, 0.1) is 0 Å². The maximum atomic E-state index is 3.62. The topological polar surface area (TPSA) is 0 Å². The summed E-state index contributed by atoms with van der Waals surface area (Å²) in [6, 6.07) is 19.2. The molecule has 2 heteroatoms. The SMILES string of the molecule is BrCC(Cc1ccccc1)c1cccc(Br)c1. The van der Waals surface area contributed by atoms with E-state index in [1.54, 1.807) is 0 Å². The summed E-state index contributed by atoms with van der Waals surface area (Å²) in [6.07, 6.45) is 1.07. The van der Waals surface area contributed by atoms with Crippen LogP contribution < -0.4 is 0 Å². The Hall–Kier alpha value is -0.600. The van der Waals surface area contributed by atoms with Crippen molar-refractivity contribution in [1.29, 1.82) is 0 Å². The zero-order valence-electron chi connectivity index (χ0n) is 9.44. The van der Waals surface area contributed by atoms with Crippen molar-refractivity contribution < 1.29 is 0 Å². The molecule has 0 aliphatic rings. The van der Waals surface area contributed by atoms with Crippen LogP contribution in [0.2, 0.25) is 0 Å². The van der Waals surface area contributed by atoms with E-state index in [4.69, 9.17) is 0 Å². The highest BCUT2D eigenvalue weighted by Gasteiger charge is 2.11. The first-order valence-electron chi connectivity index (χ1n) is 5.65. The van der Waals surface area contributed by atoms with Gasteiger partial charge in [0.15, 0.2) is 0 Å². The molecule has 0 aromatic heterocycles. The van der Waals surface area contributed by atoms with Crippen LogP contribution in [0.25, 0.3) is 0 Å². The maximum Gasteiger partial charge on any atom is 0.0178 e. The van der Waals surface area contributed by atoms with Crippen LogP contribution in [0, 0.1) is 0 Å². The van der Waals surface area contributed by atoms with Crippen LogP contribution in [0.4, 0.5) is 0 Å². The van der Waals surface area contributed by atoms with Crippen LogP contribution in [0.1, 0.15) is 17.0 Å². The molecule has 0 radical (unpaired) electrons. The molecule has 1 unspecified atom stereocenters. The molecule has 0 saturated carbocycles. The summed E-state index contributed by atoms with van der Waals surface area (Å²) in [4.78, 5) is 0. The Labute approximate surface area is 119 Å². The van der Waals surface area contributed by atoms with Gasteiger partial charge in [-0.3, -0.25) is 0 Å². The van der Waals surface area contributed by atoms with Crippen LogP contribution >= 0.6 is 31.9 Å². The van der Waals surface area contributed by atoms with Crippen molar-refractivity contribution in [3.8, 4) is 0 Å². The molecule has 2 rings (SSSR count). The van der Waals surface area contributed by atoms with E-state index in [1.807, 2.05) is 0 Å². The van der Waals surface area contributed by atoms with Gasteiger partial charge in [-0.2, -0.15) is 0 Å². The van der Waals surface area contributed by atoms with Crippen LogP contribution in [0.3, 0.4) is 0 Å². The van der Waals surface area contributed by atoms with Crippen LogP contribution in [0.15, 0.2) is 59.1 Å². The Bertz CT molecular complexity index is 465. The molecule has 0 aliphatic heterocycles. The first-order chi connectivity index (χ1) is 8.29. The number of alkyl halides is 1. The minimum Gasteiger partial charge on any atom is -0.0921 e. The standard InChI is InChI=1S/C15H14Br2/c16-11-14(9-12-5-2-1-3-6-12)13-7-4-8-15(17)10-13/h1-8,10,14H,9,11H2. The molecule has 0 aliphatic carbocycles. The third-order valence-corrected chi connectivity index (χ3v) is 4.11. The molecule has 0 saturated heterocycles. The molecule has 0 spiro atoms. The Balaban J connectivity index is 2.17. The van der Waals surface area contributed by atoms with Crippen LogP contribution in [-0.2, 0) is 6.42 Å². The Morgan fingerprint density at radius 1 is 0.941 bits per heavy atom. The molecule has 0 amide bonds. The lowest BCUT2D eigenvalue weighted by Gasteiger charge is -2.15. The highest BCUT2D eigenvalue weighted by Crippen LogP contribution is 2.25. The smallest absolute Gasteiger partial charge is 0.0178 e. The zero-order valence-corrected chi connectivity index (χ0v) is 12.6. The molecule has 0 N–H and O–H groups in total. The number of rotatable bonds is 4. The third kappa shape index (κ3) is 3.68. The Kier molecular flexibility index (Phi) is 4.81. The highest BCUT2D eigenvalue weighted by atomic mass is 79.9. The molecule has 2 aromatic carbocycles. The minimum atomic E-state index is 0.523. The minimum absolute atomic E-state index is 0.523. The van der Waals surface area contributed by atoms with Crippen molar-refractivity contribution in [1.82, 2.24) is 0 Å². The fourth-order valence-corrected chi connectivity index (χ4v) is 2.94. The van der Waals surface area contributed by atoms with Gasteiger partial charge < -0.3 is 0 Å². The van der Waals surface area contributed by atoms with E-state index in [9.17, 15) is 0 Å². The van der Waals surface area contributed by atoms with Crippen molar-refractivity contribution in [2.45, 2.75) is 12.3 Å². The summed E-state index contributed by atoms with van der Waals surface area (Å²) in [5, 5.41) is 0.984. The van der Waals surface area contributed by atoms with Crippen molar-refractivity contribution in [3.05, 3.63) is 70.2 Å². The van der Waals surface area contributed by atoms with E-state index < -0.39 is 0 Å². The molecule has 88 valence electrons. The lowest BCUT2D eigenvalue weighted by Crippen LogP contribution is -2.04. The molecule has 0 fully saturated rings. The summed E-state index contributed by atoms with van der Waals surface area (Å²) in [5.74, 6) is 0.523. The van der Waals surface area contributed by atoms with E-state index in [2.05, 4.69) is 86.5 Å². The largest absolute Gasteiger partial charge is 0.0921 e. The van der Waals surface area contributed by atoms with Crippen molar-refractivity contribution in [2.75, 3.05) is 5.33 Å². The van der Waals surface area contributed by atoms with E-state index in [1.165, 1.54) is 11.1 Å². The summed E-state index contributed by atoms with van der Waals surface area (Å²) in [7, 11) is 0. The first-order valence-corrected chi connectivity index (χ1v) is 7.56. The summed E-state index contributed by atoms with van der Waals surface area (Å²) in [6.45, 7) is 0. The normalized spacial score (nSPS) is 12.4. The average molecular weight is 354 g/mol. The van der Waals surface area contributed by atoms with Crippen LogP contribution in [0.5, 0.6) is 0 Å². The molecule has 1 atom stereocenters. The Morgan fingerprint density at radius 3 is 2.35 bits per heavy atom. The molecule has 17 heavy (non-hydrogen) atoms. The quantitative estimate of drug-likeness (QED) is 0.665. The molecule has 0 heterocycles. The number of hydrogen-bond donors (Lipinski definition) is 0. The van der Waals surface area contributed by atoms with Gasteiger partial charge in [0, 0.05) is 9.80 Å². The van der Waals surface area contributed by atoms with Gasteiger partial charge in [-0.1, -0.05) is 74.3 Å². The van der Waals surface area contributed by atoms with Gasteiger partial charge in [-0.25, -0.2) is 0 Å². The molecule has 0 nitrogen and oxygen atoms in total. The van der Waals surface area contributed by atoms with Crippen molar-refractivity contribution in [2.24, 2.45) is 0 Å². The summed E-state index contributed by atoms with van der Waals surface area (Å²) < 4.78 is 1.15. The second-order valence-electron chi connectivity index (χ2n) is 4.10. The fourth-order valence-electron chi connectivity index (χ4n) is 1.92. The fraction of sp³-hybridized carbons (Fsp3) is 0.200. The highest BCUT2D eigenvalue weighted by molar-refractivity contribution is 9.10. The predicted molar refractivity (Wildman–Crippen MR) is 80.8 cm³/mol. The van der Waals surface area contributed by atoms with Gasteiger partial charge in [0.2, 0.25) is 0 Å². The third-order valence-electron chi connectivity index (χ3n) is 2.83. The number of benzene rings is 2. The number of halogens is 2. The lowest BCUT2D eigenvalue weighted by molar-refractivity contribution is 0.775. The average Bonchev–Trinajstić information content (AvgIpc) is 2.37. The zero-order chi connectivity index (χ0) is 12.1. The monoisotopic (exact) mass is 352 g/mol. The lowest BCUT2D eigenvalue weighted by atomic mass is 9.94. The van der Waals surface area contributed by atoms with Crippen LogP contribution in [-0.4, -0.2) is 5.33 Å². The van der Waals surface area contributed by atoms with Gasteiger partial charge in [0.25, 0.3) is 0 Å². The summed E-state index contributed by atoms with van der Waals surface area (Å²) in [5.41, 5.74) is 2.76. The molecule has 0 bridgehead atoms.